The summed E-state index contributed by atoms with van der Waals surface area (Å²) in [6, 6.07) is 10.0. The second kappa shape index (κ2) is 12.8. The van der Waals surface area contributed by atoms with E-state index in [1.54, 1.807) is 0 Å². The minimum absolute atomic E-state index is 0. The quantitative estimate of drug-likeness (QED) is 0.324. The molecule has 0 amide bonds. The summed E-state index contributed by atoms with van der Waals surface area (Å²) in [4.78, 5) is 9.64. The first-order valence-corrected chi connectivity index (χ1v) is 10.5. The molecule has 1 N–H and O–H groups in total. The van der Waals surface area contributed by atoms with Gasteiger partial charge in [0, 0.05) is 51.4 Å². The van der Waals surface area contributed by atoms with Crippen molar-refractivity contribution in [3.63, 3.8) is 0 Å². The molecule has 1 fully saturated rings. The Hall–Kier alpha value is -1.81. The molecule has 3 rings (SSSR count). The normalized spacial score (nSPS) is 15.0. The number of aromatic nitrogens is 1. The number of rotatable bonds is 8. The molecular formula is C22H34IN5O2. The molecule has 1 aliphatic rings. The zero-order valence-corrected chi connectivity index (χ0v) is 20.6. The number of nitrogens with one attached hydrogen (secondary N) is 1. The fraction of sp³-hybridized carbons (Fsp3) is 0.545. The molecule has 1 saturated heterocycles. The van der Waals surface area contributed by atoms with Gasteiger partial charge in [0.05, 0.1) is 5.69 Å². The Morgan fingerprint density at radius 1 is 1.17 bits per heavy atom. The van der Waals surface area contributed by atoms with E-state index in [0.29, 0.717) is 0 Å². The molecule has 8 heteroatoms. The van der Waals surface area contributed by atoms with Gasteiger partial charge in [-0.05, 0) is 39.3 Å². The van der Waals surface area contributed by atoms with E-state index >= 15 is 0 Å². The highest BCUT2D eigenvalue weighted by Crippen LogP contribution is 2.13. The molecule has 0 atom stereocenters. The van der Waals surface area contributed by atoms with E-state index in [0.717, 1.165) is 82.0 Å². The van der Waals surface area contributed by atoms with Gasteiger partial charge in [-0.2, -0.15) is 0 Å². The van der Waals surface area contributed by atoms with Crippen molar-refractivity contribution in [1.82, 2.24) is 20.3 Å². The van der Waals surface area contributed by atoms with E-state index in [1.165, 1.54) is 5.56 Å². The molecule has 2 aromatic rings. The summed E-state index contributed by atoms with van der Waals surface area (Å²) in [7, 11) is 0. The zero-order valence-electron chi connectivity index (χ0n) is 18.3. The number of nitrogens with zero attached hydrogens (tertiary/aromatic N) is 4. The lowest BCUT2D eigenvalue weighted by molar-refractivity contribution is 0.152. The average Bonchev–Trinajstić information content (AvgIpc) is 3.06. The van der Waals surface area contributed by atoms with Crippen molar-refractivity contribution in [1.29, 1.82) is 0 Å². The summed E-state index contributed by atoms with van der Waals surface area (Å²) in [5, 5.41) is 7.46. The van der Waals surface area contributed by atoms with Gasteiger partial charge in [-0.3, -0.25) is 9.89 Å². The number of para-hydroxylation sites is 1. The van der Waals surface area contributed by atoms with Gasteiger partial charge in [-0.15, -0.1) is 24.0 Å². The van der Waals surface area contributed by atoms with E-state index < -0.39 is 0 Å². The molecule has 166 valence electrons. The standard InChI is InChI=1S/C22H33N5O2.HI/c1-4-23-22(24-11-10-21-18(2)25-29-19(21)3)27-14-12-26(13-15-27)16-17-28-20-8-6-5-7-9-20;/h5-9H,4,10-17H2,1-3H3,(H,23,24);1H. The highest BCUT2D eigenvalue weighted by Gasteiger charge is 2.19. The molecule has 30 heavy (non-hydrogen) atoms. The van der Waals surface area contributed by atoms with Crippen LogP contribution in [0.25, 0.3) is 0 Å². The van der Waals surface area contributed by atoms with Gasteiger partial charge in [0.15, 0.2) is 5.96 Å². The van der Waals surface area contributed by atoms with Crippen LogP contribution in [0.4, 0.5) is 0 Å². The molecule has 0 spiro atoms. The Morgan fingerprint density at radius 3 is 2.53 bits per heavy atom. The third-order valence-corrected chi connectivity index (χ3v) is 5.23. The summed E-state index contributed by atoms with van der Waals surface area (Å²) in [5.41, 5.74) is 2.14. The molecule has 1 aromatic heterocycles. The van der Waals surface area contributed by atoms with Crippen molar-refractivity contribution in [2.75, 3.05) is 52.4 Å². The number of benzene rings is 1. The van der Waals surface area contributed by atoms with Gasteiger partial charge in [-0.25, -0.2) is 0 Å². The Balaban J connectivity index is 0.00000320. The highest BCUT2D eigenvalue weighted by atomic mass is 127. The number of hydrogen-bond acceptors (Lipinski definition) is 5. The molecular weight excluding hydrogens is 493 g/mol. The number of ether oxygens (including phenoxy) is 1. The predicted molar refractivity (Wildman–Crippen MR) is 131 cm³/mol. The smallest absolute Gasteiger partial charge is 0.194 e. The predicted octanol–water partition coefficient (Wildman–Crippen LogP) is 3.11. The van der Waals surface area contributed by atoms with Crippen molar-refractivity contribution >= 4 is 29.9 Å². The van der Waals surface area contributed by atoms with Crippen LogP contribution < -0.4 is 10.1 Å². The average molecular weight is 527 g/mol. The van der Waals surface area contributed by atoms with Gasteiger partial charge in [0.1, 0.15) is 18.1 Å². The first-order chi connectivity index (χ1) is 14.2. The summed E-state index contributed by atoms with van der Waals surface area (Å²) in [6.45, 7) is 13.3. The maximum Gasteiger partial charge on any atom is 0.194 e. The van der Waals surface area contributed by atoms with Gasteiger partial charge in [0.25, 0.3) is 0 Å². The Kier molecular flexibility index (Phi) is 10.4. The Labute approximate surface area is 196 Å². The number of aliphatic imine (C=N–C) groups is 1. The number of halogens is 1. The minimum atomic E-state index is 0. The molecule has 1 aromatic carbocycles. The van der Waals surface area contributed by atoms with Crippen molar-refractivity contribution in [2.24, 2.45) is 4.99 Å². The first-order valence-electron chi connectivity index (χ1n) is 10.5. The van der Waals surface area contributed by atoms with Crippen molar-refractivity contribution < 1.29 is 9.26 Å². The molecule has 0 aliphatic carbocycles. The van der Waals surface area contributed by atoms with Crippen LogP contribution in [-0.4, -0.2) is 73.3 Å². The van der Waals surface area contributed by atoms with Gasteiger partial charge in [0.2, 0.25) is 0 Å². The summed E-state index contributed by atoms with van der Waals surface area (Å²) in [6.07, 6.45) is 0.854. The van der Waals surface area contributed by atoms with Crippen molar-refractivity contribution in [3.05, 3.63) is 47.3 Å². The second-order valence-corrected chi connectivity index (χ2v) is 7.28. The summed E-state index contributed by atoms with van der Waals surface area (Å²) >= 11 is 0. The minimum Gasteiger partial charge on any atom is -0.492 e. The van der Waals surface area contributed by atoms with Crippen LogP contribution in [0.5, 0.6) is 5.75 Å². The Bertz CT molecular complexity index is 754. The Morgan fingerprint density at radius 2 is 1.90 bits per heavy atom. The molecule has 0 radical (unpaired) electrons. The van der Waals surface area contributed by atoms with Crippen LogP contribution in [0.3, 0.4) is 0 Å². The van der Waals surface area contributed by atoms with Crippen molar-refractivity contribution in [3.8, 4) is 5.75 Å². The van der Waals surface area contributed by atoms with Crippen LogP contribution in [0, 0.1) is 13.8 Å². The van der Waals surface area contributed by atoms with Crippen LogP contribution in [-0.2, 0) is 6.42 Å². The van der Waals surface area contributed by atoms with E-state index in [2.05, 4.69) is 27.2 Å². The van der Waals surface area contributed by atoms with E-state index in [-0.39, 0.29) is 24.0 Å². The molecule has 0 saturated carbocycles. The van der Waals surface area contributed by atoms with Crippen molar-refractivity contribution in [2.45, 2.75) is 27.2 Å². The van der Waals surface area contributed by atoms with E-state index in [4.69, 9.17) is 14.3 Å². The van der Waals surface area contributed by atoms with Crippen LogP contribution >= 0.6 is 24.0 Å². The van der Waals surface area contributed by atoms with Gasteiger partial charge >= 0.3 is 0 Å². The fourth-order valence-corrected chi connectivity index (χ4v) is 3.55. The van der Waals surface area contributed by atoms with Gasteiger partial charge in [-0.1, -0.05) is 23.4 Å². The molecule has 2 heterocycles. The lowest BCUT2D eigenvalue weighted by Crippen LogP contribution is -2.53. The third kappa shape index (κ3) is 7.16. The monoisotopic (exact) mass is 527 g/mol. The van der Waals surface area contributed by atoms with Crippen LogP contribution in [0.2, 0.25) is 0 Å². The highest BCUT2D eigenvalue weighted by molar-refractivity contribution is 14.0. The van der Waals surface area contributed by atoms with E-state index in [1.807, 2.05) is 44.2 Å². The largest absolute Gasteiger partial charge is 0.492 e. The lowest BCUT2D eigenvalue weighted by Gasteiger charge is -2.36. The van der Waals surface area contributed by atoms with Crippen LogP contribution in [0.1, 0.15) is 23.9 Å². The number of aryl methyl sites for hydroxylation is 2. The first kappa shape index (κ1) is 24.5. The van der Waals surface area contributed by atoms with Gasteiger partial charge < -0.3 is 19.5 Å². The van der Waals surface area contributed by atoms with E-state index in [9.17, 15) is 0 Å². The summed E-state index contributed by atoms with van der Waals surface area (Å²) in [5.74, 6) is 2.83. The maximum atomic E-state index is 5.83. The summed E-state index contributed by atoms with van der Waals surface area (Å²) < 4.78 is 11.1. The zero-order chi connectivity index (χ0) is 20.5. The third-order valence-electron chi connectivity index (χ3n) is 5.23. The lowest BCUT2D eigenvalue weighted by atomic mass is 10.1. The number of hydrogen-bond donors (Lipinski definition) is 1. The van der Waals surface area contributed by atoms with Crippen LogP contribution in [0.15, 0.2) is 39.8 Å². The molecule has 0 bridgehead atoms. The fourth-order valence-electron chi connectivity index (χ4n) is 3.55. The second-order valence-electron chi connectivity index (χ2n) is 7.28. The number of piperazine rings is 1. The molecule has 1 aliphatic heterocycles. The maximum absolute atomic E-state index is 5.83. The SMILES string of the molecule is CCNC(=NCCc1c(C)noc1C)N1CCN(CCOc2ccccc2)CC1.I. The molecule has 7 nitrogen and oxygen atoms in total. The topological polar surface area (TPSA) is 66.1 Å². The molecule has 0 unspecified atom stereocenters. The number of guanidine groups is 1.